The summed E-state index contributed by atoms with van der Waals surface area (Å²) < 4.78 is 0. The third-order valence-electron chi connectivity index (χ3n) is 4.66. The Morgan fingerprint density at radius 3 is 2.91 bits per heavy atom. The summed E-state index contributed by atoms with van der Waals surface area (Å²) in [6.45, 7) is 2.70. The lowest BCUT2D eigenvalue weighted by molar-refractivity contribution is 0.0980. The molecule has 2 unspecified atom stereocenters. The fraction of sp³-hybridized carbons (Fsp3) is 0.294. The molecule has 112 valence electrons. The van der Waals surface area contributed by atoms with Crippen LogP contribution in [0.5, 0.6) is 0 Å². The highest BCUT2D eigenvalue weighted by Crippen LogP contribution is 2.40. The van der Waals surface area contributed by atoms with Crippen molar-refractivity contribution >= 4 is 17.4 Å². The normalized spacial score (nSPS) is 23.0. The summed E-state index contributed by atoms with van der Waals surface area (Å²) in [7, 11) is 0. The first-order valence-corrected chi connectivity index (χ1v) is 7.57. The molecule has 0 bridgehead atoms. The number of carbonyl (C=O) groups is 1. The van der Waals surface area contributed by atoms with Gasteiger partial charge in [-0.25, -0.2) is 4.98 Å². The van der Waals surface area contributed by atoms with E-state index in [1.807, 2.05) is 23.1 Å². The highest BCUT2D eigenvalue weighted by Gasteiger charge is 2.38. The molecule has 2 aromatic rings. The Morgan fingerprint density at radius 2 is 2.09 bits per heavy atom. The number of amides is 1. The van der Waals surface area contributed by atoms with Crippen molar-refractivity contribution in [3.8, 4) is 0 Å². The molecule has 0 saturated carbocycles. The molecule has 1 aromatic carbocycles. The molecule has 1 fully saturated rings. The maximum Gasteiger partial charge on any atom is 0.259 e. The summed E-state index contributed by atoms with van der Waals surface area (Å²) in [6.07, 6.45) is 1.55. The number of nitrogens with zero attached hydrogens (tertiary/aromatic N) is 2. The van der Waals surface area contributed by atoms with Crippen molar-refractivity contribution in [2.45, 2.75) is 5.92 Å². The van der Waals surface area contributed by atoms with Crippen LogP contribution in [0, 0.1) is 5.92 Å². The minimum atomic E-state index is -0.00898. The molecule has 4 rings (SSSR count). The largest absolute Gasteiger partial charge is 0.384 e. The van der Waals surface area contributed by atoms with Gasteiger partial charge in [0.2, 0.25) is 0 Å². The predicted molar refractivity (Wildman–Crippen MR) is 85.9 cm³/mol. The maximum atomic E-state index is 12.9. The lowest BCUT2D eigenvalue weighted by atomic mass is 9.83. The number of benzene rings is 1. The Balaban J connectivity index is 1.74. The lowest BCUT2D eigenvalue weighted by Crippen LogP contribution is -2.41. The number of nitrogen functional groups attached to an aromatic ring is 1. The van der Waals surface area contributed by atoms with E-state index in [0.29, 0.717) is 23.2 Å². The second-order valence-corrected chi connectivity index (χ2v) is 5.97. The molecule has 22 heavy (non-hydrogen) atoms. The van der Waals surface area contributed by atoms with Crippen molar-refractivity contribution in [2.24, 2.45) is 5.92 Å². The molecule has 3 heterocycles. The van der Waals surface area contributed by atoms with Gasteiger partial charge in [-0.3, -0.25) is 4.79 Å². The molecular formula is C17H18N4O. The van der Waals surface area contributed by atoms with Crippen LogP contribution in [0.25, 0.3) is 0 Å². The molecule has 5 heteroatoms. The summed E-state index contributed by atoms with van der Waals surface area (Å²) in [4.78, 5) is 18.8. The van der Waals surface area contributed by atoms with E-state index in [0.717, 1.165) is 25.3 Å². The Labute approximate surface area is 129 Å². The summed E-state index contributed by atoms with van der Waals surface area (Å²) in [6, 6.07) is 11.6. The number of aromatic nitrogens is 1. The summed E-state index contributed by atoms with van der Waals surface area (Å²) >= 11 is 0. The van der Waals surface area contributed by atoms with E-state index < -0.39 is 0 Å². The highest BCUT2D eigenvalue weighted by atomic mass is 16.2. The number of carbonyl (C=O) groups excluding carboxylic acids is 1. The number of hydrogen-bond donors (Lipinski definition) is 2. The van der Waals surface area contributed by atoms with Crippen LogP contribution in [0.4, 0.5) is 11.5 Å². The fourth-order valence-corrected chi connectivity index (χ4v) is 3.55. The molecular weight excluding hydrogens is 276 g/mol. The third kappa shape index (κ3) is 2.05. The van der Waals surface area contributed by atoms with Gasteiger partial charge in [-0.15, -0.1) is 0 Å². The van der Waals surface area contributed by atoms with Crippen molar-refractivity contribution in [1.82, 2.24) is 10.3 Å². The van der Waals surface area contributed by atoms with Gasteiger partial charge in [-0.1, -0.05) is 18.2 Å². The maximum absolute atomic E-state index is 12.9. The second-order valence-electron chi connectivity index (χ2n) is 5.97. The molecule has 0 spiro atoms. The first-order valence-electron chi connectivity index (χ1n) is 7.57. The monoisotopic (exact) mass is 294 g/mol. The molecule has 2 aliphatic rings. The van der Waals surface area contributed by atoms with E-state index >= 15 is 0 Å². The number of nitrogens with one attached hydrogen (secondary N) is 1. The predicted octanol–water partition coefficient (Wildman–Crippen LogP) is 1.63. The summed E-state index contributed by atoms with van der Waals surface area (Å²) in [5.41, 5.74) is 8.47. The van der Waals surface area contributed by atoms with E-state index in [1.165, 1.54) is 5.56 Å². The first-order chi connectivity index (χ1) is 10.7. The van der Waals surface area contributed by atoms with E-state index in [4.69, 9.17) is 5.73 Å². The van der Waals surface area contributed by atoms with E-state index in [1.54, 1.807) is 18.3 Å². The third-order valence-corrected chi connectivity index (χ3v) is 4.66. The van der Waals surface area contributed by atoms with Gasteiger partial charge >= 0.3 is 0 Å². The number of hydrogen-bond acceptors (Lipinski definition) is 4. The first kappa shape index (κ1) is 13.3. The van der Waals surface area contributed by atoms with Gasteiger partial charge in [0.05, 0.1) is 5.56 Å². The van der Waals surface area contributed by atoms with Gasteiger partial charge in [0.15, 0.2) is 0 Å². The van der Waals surface area contributed by atoms with Gasteiger partial charge in [-0.05, 0) is 29.7 Å². The van der Waals surface area contributed by atoms with Crippen LogP contribution in [0.1, 0.15) is 21.8 Å². The Hall–Kier alpha value is -2.40. The fourth-order valence-electron chi connectivity index (χ4n) is 3.55. The number of nitrogens with two attached hydrogens (primary N) is 1. The zero-order valence-corrected chi connectivity index (χ0v) is 12.2. The smallest absolute Gasteiger partial charge is 0.259 e. The summed E-state index contributed by atoms with van der Waals surface area (Å²) in [5.74, 6) is 1.39. The standard InChI is InChI=1S/C17H18N4O/c18-16-6-5-11(8-20-16)17(22)21-10-12-7-19-9-14(12)13-3-1-2-4-15(13)21/h1-6,8,12,14,19H,7,9-10H2,(H2,18,20). The van der Waals surface area contributed by atoms with Crippen LogP contribution in [-0.2, 0) is 0 Å². The van der Waals surface area contributed by atoms with Crippen molar-refractivity contribution in [2.75, 3.05) is 30.3 Å². The van der Waals surface area contributed by atoms with Gasteiger partial charge in [0.25, 0.3) is 5.91 Å². The minimum Gasteiger partial charge on any atom is -0.384 e. The summed E-state index contributed by atoms with van der Waals surface area (Å²) in [5, 5.41) is 3.45. The Morgan fingerprint density at radius 1 is 1.23 bits per heavy atom. The number of rotatable bonds is 1. The van der Waals surface area contributed by atoms with Crippen molar-refractivity contribution in [3.63, 3.8) is 0 Å². The Bertz CT molecular complexity index is 713. The van der Waals surface area contributed by atoms with Crippen molar-refractivity contribution < 1.29 is 4.79 Å². The average Bonchev–Trinajstić information content (AvgIpc) is 3.03. The zero-order chi connectivity index (χ0) is 15.1. The van der Waals surface area contributed by atoms with Crippen LogP contribution in [-0.4, -0.2) is 30.5 Å². The number of pyridine rings is 1. The van der Waals surface area contributed by atoms with Gasteiger partial charge in [0, 0.05) is 37.4 Å². The van der Waals surface area contributed by atoms with Crippen LogP contribution >= 0.6 is 0 Å². The quantitative estimate of drug-likeness (QED) is 0.838. The van der Waals surface area contributed by atoms with E-state index in [9.17, 15) is 4.79 Å². The molecule has 5 nitrogen and oxygen atoms in total. The molecule has 1 saturated heterocycles. The van der Waals surface area contributed by atoms with Gasteiger partial charge in [0.1, 0.15) is 5.82 Å². The zero-order valence-electron chi connectivity index (χ0n) is 12.2. The molecule has 1 amide bonds. The number of anilines is 2. The molecule has 0 radical (unpaired) electrons. The Kier molecular flexibility index (Phi) is 3.08. The second kappa shape index (κ2) is 5.10. The van der Waals surface area contributed by atoms with E-state index in [-0.39, 0.29) is 5.91 Å². The van der Waals surface area contributed by atoms with Crippen molar-refractivity contribution in [1.29, 1.82) is 0 Å². The van der Waals surface area contributed by atoms with Gasteiger partial charge in [-0.2, -0.15) is 0 Å². The molecule has 2 atom stereocenters. The van der Waals surface area contributed by atoms with E-state index in [2.05, 4.69) is 16.4 Å². The SMILES string of the molecule is Nc1ccc(C(=O)N2CC3CNCC3c3ccccc32)cn1. The number of fused-ring (bicyclic) bond motifs is 3. The molecule has 1 aromatic heterocycles. The average molecular weight is 294 g/mol. The minimum absolute atomic E-state index is 0.00898. The topological polar surface area (TPSA) is 71.2 Å². The molecule has 2 aliphatic heterocycles. The highest BCUT2D eigenvalue weighted by molar-refractivity contribution is 6.06. The lowest BCUT2D eigenvalue weighted by Gasteiger charge is -2.36. The van der Waals surface area contributed by atoms with Crippen LogP contribution < -0.4 is 16.0 Å². The number of para-hydroxylation sites is 1. The van der Waals surface area contributed by atoms with Crippen LogP contribution in [0.3, 0.4) is 0 Å². The molecule has 0 aliphatic carbocycles. The van der Waals surface area contributed by atoms with Gasteiger partial charge < -0.3 is 16.0 Å². The van der Waals surface area contributed by atoms with Crippen molar-refractivity contribution in [3.05, 3.63) is 53.7 Å². The van der Waals surface area contributed by atoms with Crippen LogP contribution in [0.15, 0.2) is 42.6 Å². The molecule has 3 N–H and O–H groups in total. The van der Waals surface area contributed by atoms with Crippen LogP contribution in [0.2, 0.25) is 0 Å².